The van der Waals surface area contributed by atoms with E-state index < -0.39 is 0 Å². The largest absolute Gasteiger partial charge is 0.326 e. The fourth-order valence-electron chi connectivity index (χ4n) is 4.86. The Balaban J connectivity index is 1.89. The van der Waals surface area contributed by atoms with Crippen molar-refractivity contribution in [1.29, 1.82) is 5.26 Å². The summed E-state index contributed by atoms with van der Waals surface area (Å²) in [7, 11) is 0. The Bertz CT molecular complexity index is 326. The highest BCUT2D eigenvalue weighted by Crippen LogP contribution is 2.60. The van der Waals surface area contributed by atoms with Gasteiger partial charge in [0.25, 0.3) is 0 Å². The average Bonchev–Trinajstić information content (AvgIpc) is 2.24. The maximum absolute atomic E-state index is 9.03. The fourth-order valence-corrected chi connectivity index (χ4v) is 4.86. The van der Waals surface area contributed by atoms with Crippen molar-refractivity contribution in [1.82, 2.24) is 0 Å². The van der Waals surface area contributed by atoms with Crippen molar-refractivity contribution in [3.63, 3.8) is 0 Å². The van der Waals surface area contributed by atoms with Gasteiger partial charge >= 0.3 is 0 Å². The molecule has 16 heavy (non-hydrogen) atoms. The van der Waals surface area contributed by atoms with Gasteiger partial charge in [-0.2, -0.15) is 5.26 Å². The molecule has 0 aliphatic heterocycles. The number of allylic oxidation sites excluding steroid dienone is 1. The lowest BCUT2D eigenvalue weighted by Gasteiger charge is -2.56. The van der Waals surface area contributed by atoms with Crippen molar-refractivity contribution in [3.05, 3.63) is 11.6 Å². The molecule has 0 aromatic heterocycles. The van der Waals surface area contributed by atoms with E-state index in [1.807, 2.05) is 0 Å². The van der Waals surface area contributed by atoms with Crippen molar-refractivity contribution in [3.8, 4) is 6.07 Å². The second kappa shape index (κ2) is 3.60. The minimum absolute atomic E-state index is 0.360. The van der Waals surface area contributed by atoms with E-state index in [0.717, 1.165) is 23.3 Å². The Morgan fingerprint density at radius 2 is 1.69 bits per heavy atom. The zero-order valence-corrected chi connectivity index (χ0v) is 9.78. The van der Waals surface area contributed by atoms with E-state index in [1.165, 1.54) is 38.5 Å². The Kier molecular flexibility index (Phi) is 2.33. The van der Waals surface area contributed by atoms with Crippen LogP contribution in [0.5, 0.6) is 0 Å². The Hall–Kier alpha value is -0.810. The van der Waals surface area contributed by atoms with Crippen LogP contribution in [-0.4, -0.2) is 6.54 Å². The quantitative estimate of drug-likeness (QED) is 0.721. The third kappa shape index (κ3) is 1.58. The standard InChI is InChI=1S/C14H20N2/c15-8-13(9-16)7-14-4-10-1-11(5-14)3-12(2-10)6-14/h7,10-12H,1-6,8,15H2/b13-7-. The summed E-state index contributed by atoms with van der Waals surface area (Å²) < 4.78 is 0. The molecule has 2 N–H and O–H groups in total. The Morgan fingerprint density at radius 1 is 1.19 bits per heavy atom. The van der Waals surface area contributed by atoms with Crippen molar-refractivity contribution >= 4 is 0 Å². The molecular weight excluding hydrogens is 196 g/mol. The summed E-state index contributed by atoms with van der Waals surface area (Å²) in [4.78, 5) is 0. The third-order valence-electron chi connectivity index (χ3n) is 4.93. The molecule has 4 aliphatic carbocycles. The van der Waals surface area contributed by atoms with Crippen LogP contribution in [0.1, 0.15) is 38.5 Å². The van der Waals surface area contributed by atoms with Gasteiger partial charge in [-0.1, -0.05) is 6.08 Å². The van der Waals surface area contributed by atoms with E-state index in [1.54, 1.807) is 0 Å². The van der Waals surface area contributed by atoms with Crippen LogP contribution >= 0.6 is 0 Å². The first-order valence-corrected chi connectivity index (χ1v) is 6.55. The summed E-state index contributed by atoms with van der Waals surface area (Å²) in [5.74, 6) is 2.83. The van der Waals surface area contributed by atoms with E-state index in [4.69, 9.17) is 11.0 Å². The van der Waals surface area contributed by atoms with Crippen LogP contribution < -0.4 is 5.73 Å². The highest BCUT2D eigenvalue weighted by Gasteiger charge is 2.49. The number of rotatable bonds is 2. The van der Waals surface area contributed by atoms with Crippen molar-refractivity contribution < 1.29 is 0 Å². The maximum atomic E-state index is 9.03. The summed E-state index contributed by atoms with van der Waals surface area (Å²) in [6.07, 6.45) is 10.6. The van der Waals surface area contributed by atoms with E-state index >= 15 is 0 Å². The topological polar surface area (TPSA) is 49.8 Å². The molecule has 4 rings (SSSR count). The van der Waals surface area contributed by atoms with Gasteiger partial charge in [-0.15, -0.1) is 0 Å². The van der Waals surface area contributed by atoms with Crippen LogP contribution in [-0.2, 0) is 0 Å². The van der Waals surface area contributed by atoms with Gasteiger partial charge in [-0.3, -0.25) is 0 Å². The van der Waals surface area contributed by atoms with Crippen LogP contribution in [0.15, 0.2) is 11.6 Å². The molecular formula is C14H20N2. The number of hydrogen-bond acceptors (Lipinski definition) is 2. The monoisotopic (exact) mass is 216 g/mol. The van der Waals surface area contributed by atoms with Crippen LogP contribution in [0.25, 0.3) is 0 Å². The van der Waals surface area contributed by atoms with Gasteiger partial charge < -0.3 is 5.73 Å². The van der Waals surface area contributed by atoms with Gasteiger partial charge in [0.05, 0.1) is 6.07 Å². The molecule has 0 aromatic carbocycles. The highest BCUT2D eigenvalue weighted by molar-refractivity contribution is 5.26. The SMILES string of the molecule is N#C/C(=C\C12CC3CC(CC(C3)C1)C2)CN. The van der Waals surface area contributed by atoms with Crippen LogP contribution in [0, 0.1) is 34.5 Å². The molecule has 4 bridgehead atoms. The number of hydrogen-bond donors (Lipinski definition) is 1. The summed E-state index contributed by atoms with van der Waals surface area (Å²) >= 11 is 0. The highest BCUT2D eigenvalue weighted by atomic mass is 14.6. The van der Waals surface area contributed by atoms with Gasteiger partial charge in [-0.25, -0.2) is 0 Å². The van der Waals surface area contributed by atoms with E-state index in [-0.39, 0.29) is 0 Å². The minimum atomic E-state index is 0.360. The van der Waals surface area contributed by atoms with Crippen molar-refractivity contribution in [2.45, 2.75) is 38.5 Å². The molecule has 86 valence electrons. The molecule has 0 saturated heterocycles. The predicted molar refractivity (Wildman–Crippen MR) is 63.4 cm³/mol. The lowest BCUT2D eigenvalue weighted by molar-refractivity contribution is -0.0240. The first-order valence-electron chi connectivity index (χ1n) is 6.55. The summed E-state index contributed by atoms with van der Waals surface area (Å²) in [6.45, 7) is 0.415. The summed E-state index contributed by atoms with van der Waals surface area (Å²) in [5.41, 5.74) is 6.79. The Labute approximate surface area is 97.5 Å². The predicted octanol–water partition coefficient (Wildman–Crippen LogP) is 2.61. The molecule has 4 fully saturated rings. The van der Waals surface area contributed by atoms with Gasteiger partial charge in [-0.05, 0) is 61.7 Å². The van der Waals surface area contributed by atoms with Gasteiger partial charge in [0.2, 0.25) is 0 Å². The lowest BCUT2D eigenvalue weighted by Crippen LogP contribution is -2.45. The Morgan fingerprint density at radius 3 is 2.06 bits per heavy atom. The number of nitrogens with zero attached hydrogens (tertiary/aromatic N) is 1. The molecule has 2 nitrogen and oxygen atoms in total. The molecule has 2 heteroatoms. The molecule has 0 radical (unpaired) electrons. The van der Waals surface area contributed by atoms with E-state index in [2.05, 4.69) is 12.1 Å². The average molecular weight is 216 g/mol. The second-order valence-corrected chi connectivity index (χ2v) is 6.27. The van der Waals surface area contributed by atoms with Crippen LogP contribution in [0.3, 0.4) is 0 Å². The number of nitrogens with two attached hydrogens (primary N) is 1. The fraction of sp³-hybridized carbons (Fsp3) is 0.786. The zero-order valence-electron chi connectivity index (χ0n) is 9.78. The smallest absolute Gasteiger partial charge is 0.0957 e. The molecule has 0 spiro atoms. The normalized spacial score (nSPS) is 45.8. The molecule has 4 aliphatic rings. The zero-order chi connectivity index (χ0) is 11.2. The molecule has 0 atom stereocenters. The number of nitriles is 1. The van der Waals surface area contributed by atoms with Crippen LogP contribution in [0.4, 0.5) is 0 Å². The van der Waals surface area contributed by atoms with Crippen molar-refractivity contribution in [2.75, 3.05) is 6.54 Å². The summed E-state index contributed by atoms with van der Waals surface area (Å²) in [5, 5.41) is 9.03. The molecule has 0 heterocycles. The minimum Gasteiger partial charge on any atom is -0.326 e. The van der Waals surface area contributed by atoms with Gasteiger partial charge in [0.15, 0.2) is 0 Å². The molecule has 0 aromatic rings. The maximum Gasteiger partial charge on any atom is 0.0957 e. The lowest BCUT2D eigenvalue weighted by atomic mass is 9.49. The van der Waals surface area contributed by atoms with Crippen LogP contribution in [0.2, 0.25) is 0 Å². The first kappa shape index (κ1) is 10.4. The van der Waals surface area contributed by atoms with Gasteiger partial charge in [0.1, 0.15) is 0 Å². The van der Waals surface area contributed by atoms with Gasteiger partial charge in [0, 0.05) is 12.1 Å². The second-order valence-electron chi connectivity index (χ2n) is 6.27. The molecule has 0 amide bonds. The van der Waals surface area contributed by atoms with Crippen molar-refractivity contribution in [2.24, 2.45) is 28.9 Å². The third-order valence-corrected chi connectivity index (χ3v) is 4.93. The first-order chi connectivity index (χ1) is 7.73. The summed E-state index contributed by atoms with van der Waals surface area (Å²) in [6, 6.07) is 2.26. The molecule has 4 saturated carbocycles. The molecule has 0 unspecified atom stereocenters. The van der Waals surface area contributed by atoms with E-state index in [9.17, 15) is 0 Å². The van der Waals surface area contributed by atoms with E-state index in [0.29, 0.717) is 12.0 Å².